The van der Waals surface area contributed by atoms with Gasteiger partial charge in [0.25, 0.3) is 0 Å². The van der Waals surface area contributed by atoms with Gasteiger partial charge in [-0.15, -0.1) is 0 Å². The lowest BCUT2D eigenvalue weighted by atomic mass is 10.0. The van der Waals surface area contributed by atoms with Crippen LogP contribution in [0.1, 0.15) is 387 Å². The minimum Gasteiger partial charge on any atom is -0.462 e. The summed E-state index contributed by atoms with van der Waals surface area (Å²) < 4.78 is 16.8. The maximum absolute atomic E-state index is 12.8. The fraction of sp³-hybridized carbons (Fsp3) is 0.955. The molecule has 72 heavy (non-hydrogen) atoms. The van der Waals surface area contributed by atoms with Gasteiger partial charge in [-0.2, -0.15) is 0 Å². The van der Waals surface area contributed by atoms with Gasteiger partial charge in [0.15, 0.2) is 6.10 Å². The molecule has 0 saturated heterocycles. The molecule has 0 aliphatic carbocycles. The van der Waals surface area contributed by atoms with Crippen molar-refractivity contribution in [1.29, 1.82) is 0 Å². The van der Waals surface area contributed by atoms with E-state index >= 15 is 0 Å². The zero-order chi connectivity index (χ0) is 52.2. The van der Waals surface area contributed by atoms with E-state index in [4.69, 9.17) is 14.2 Å². The van der Waals surface area contributed by atoms with Crippen LogP contribution in [0.25, 0.3) is 0 Å². The van der Waals surface area contributed by atoms with Crippen LogP contribution >= 0.6 is 0 Å². The maximum Gasteiger partial charge on any atom is 0.306 e. The molecule has 0 heterocycles. The maximum atomic E-state index is 12.8. The molecule has 0 spiro atoms. The second kappa shape index (κ2) is 62.0. The van der Waals surface area contributed by atoms with Gasteiger partial charge in [0, 0.05) is 19.3 Å². The molecule has 0 aromatic rings. The molecule has 0 aromatic heterocycles. The highest BCUT2D eigenvalue weighted by Gasteiger charge is 2.19. The standard InChI is InChI=1S/C66H128O6/c1-4-7-10-13-16-18-20-22-24-26-27-28-29-30-31-32-33-34-35-36-37-38-39-40-42-43-45-47-50-53-56-59-65(68)71-62-63(61-70-64(67)58-55-52-49-15-12-9-6-3)72-66(69)60-57-54-51-48-46-44-41-25-23-21-19-17-14-11-8-5-2/h63H,4-62H2,1-3H3. The van der Waals surface area contributed by atoms with Gasteiger partial charge in [-0.05, 0) is 19.3 Å². The van der Waals surface area contributed by atoms with Gasteiger partial charge in [-0.1, -0.05) is 348 Å². The van der Waals surface area contributed by atoms with Crippen molar-refractivity contribution < 1.29 is 28.6 Å². The molecule has 0 bridgehead atoms. The van der Waals surface area contributed by atoms with Gasteiger partial charge in [-0.25, -0.2) is 0 Å². The van der Waals surface area contributed by atoms with Gasteiger partial charge in [-0.3, -0.25) is 14.4 Å². The number of carbonyl (C=O) groups excluding carboxylic acids is 3. The van der Waals surface area contributed by atoms with Crippen molar-refractivity contribution >= 4 is 17.9 Å². The van der Waals surface area contributed by atoms with Crippen LogP contribution in [-0.2, 0) is 28.6 Å². The second-order valence-electron chi connectivity index (χ2n) is 22.8. The topological polar surface area (TPSA) is 78.9 Å². The van der Waals surface area contributed by atoms with E-state index < -0.39 is 6.10 Å². The van der Waals surface area contributed by atoms with Crippen LogP contribution in [0.2, 0.25) is 0 Å². The first-order chi connectivity index (χ1) is 35.5. The summed E-state index contributed by atoms with van der Waals surface area (Å²) in [7, 11) is 0. The van der Waals surface area contributed by atoms with E-state index in [1.165, 1.54) is 289 Å². The lowest BCUT2D eigenvalue weighted by Crippen LogP contribution is -2.30. The normalized spacial score (nSPS) is 11.9. The van der Waals surface area contributed by atoms with Gasteiger partial charge in [0.1, 0.15) is 13.2 Å². The zero-order valence-electron chi connectivity index (χ0n) is 49.2. The third-order valence-corrected chi connectivity index (χ3v) is 15.4. The third kappa shape index (κ3) is 59.3. The van der Waals surface area contributed by atoms with Crippen molar-refractivity contribution in [2.24, 2.45) is 0 Å². The van der Waals surface area contributed by atoms with Crippen LogP contribution in [0.3, 0.4) is 0 Å². The Labute approximate surface area is 450 Å². The Morgan fingerprint density at radius 2 is 0.375 bits per heavy atom. The highest BCUT2D eigenvalue weighted by atomic mass is 16.6. The summed E-state index contributed by atoms with van der Waals surface area (Å²) in [5.74, 6) is -0.839. The Morgan fingerprint density at radius 1 is 0.222 bits per heavy atom. The molecule has 6 heteroatoms. The van der Waals surface area contributed by atoms with Crippen LogP contribution < -0.4 is 0 Å². The second-order valence-corrected chi connectivity index (χ2v) is 22.8. The molecule has 0 amide bonds. The number of hydrogen-bond donors (Lipinski definition) is 0. The Balaban J connectivity index is 3.94. The molecule has 0 N–H and O–H groups in total. The molecule has 1 atom stereocenters. The predicted molar refractivity (Wildman–Crippen MR) is 312 cm³/mol. The van der Waals surface area contributed by atoms with Gasteiger partial charge in [0.2, 0.25) is 0 Å². The third-order valence-electron chi connectivity index (χ3n) is 15.4. The summed E-state index contributed by atoms with van der Waals surface area (Å²) in [4.78, 5) is 38.0. The summed E-state index contributed by atoms with van der Waals surface area (Å²) >= 11 is 0. The average Bonchev–Trinajstić information content (AvgIpc) is 3.38. The van der Waals surface area contributed by atoms with Crippen LogP contribution in [-0.4, -0.2) is 37.2 Å². The van der Waals surface area contributed by atoms with E-state index in [0.717, 1.165) is 57.8 Å². The van der Waals surface area contributed by atoms with Crippen molar-refractivity contribution in [3.8, 4) is 0 Å². The number of rotatable bonds is 62. The first-order valence-electron chi connectivity index (χ1n) is 33.0. The van der Waals surface area contributed by atoms with Crippen molar-refractivity contribution in [3.63, 3.8) is 0 Å². The van der Waals surface area contributed by atoms with Crippen LogP contribution in [0.5, 0.6) is 0 Å². The van der Waals surface area contributed by atoms with E-state index in [1.807, 2.05) is 0 Å². The minimum absolute atomic E-state index is 0.0617. The molecular weight excluding hydrogens is 889 g/mol. The molecule has 0 rings (SSSR count). The first kappa shape index (κ1) is 70.4. The Morgan fingerprint density at radius 3 is 0.556 bits per heavy atom. The highest BCUT2D eigenvalue weighted by molar-refractivity contribution is 5.71. The smallest absolute Gasteiger partial charge is 0.306 e. The zero-order valence-corrected chi connectivity index (χ0v) is 49.2. The van der Waals surface area contributed by atoms with E-state index in [0.29, 0.717) is 19.3 Å². The molecule has 0 fully saturated rings. The Bertz CT molecular complexity index is 1080. The van der Waals surface area contributed by atoms with Gasteiger partial charge in [0.05, 0.1) is 0 Å². The predicted octanol–water partition coefficient (Wildman–Crippen LogP) is 22.3. The van der Waals surface area contributed by atoms with Crippen molar-refractivity contribution in [1.82, 2.24) is 0 Å². The fourth-order valence-electron chi connectivity index (χ4n) is 10.4. The van der Waals surface area contributed by atoms with E-state index in [2.05, 4.69) is 20.8 Å². The molecule has 6 nitrogen and oxygen atoms in total. The van der Waals surface area contributed by atoms with Crippen LogP contribution in [0.15, 0.2) is 0 Å². The molecule has 0 aliphatic heterocycles. The summed E-state index contributed by atoms with van der Waals surface area (Å²) in [6.07, 6.45) is 71.6. The molecule has 0 saturated carbocycles. The first-order valence-corrected chi connectivity index (χ1v) is 33.0. The summed E-state index contributed by atoms with van der Waals surface area (Å²) in [5.41, 5.74) is 0. The molecule has 428 valence electrons. The number of esters is 3. The molecule has 0 aliphatic rings. The highest BCUT2D eigenvalue weighted by Crippen LogP contribution is 2.19. The summed E-state index contributed by atoms with van der Waals surface area (Å²) in [6.45, 7) is 6.68. The SMILES string of the molecule is CCCCCCCCCCCCCCCCCCCCCCCCCCCCCCCCCC(=O)OCC(COC(=O)CCCCCCCCC)OC(=O)CCCCCCCCCCCCCCCCCC. The van der Waals surface area contributed by atoms with Crippen molar-refractivity contribution in [2.45, 2.75) is 393 Å². The Hall–Kier alpha value is -1.59. The van der Waals surface area contributed by atoms with Crippen LogP contribution in [0.4, 0.5) is 0 Å². The molecule has 0 aromatic carbocycles. The lowest BCUT2D eigenvalue weighted by Gasteiger charge is -2.18. The minimum atomic E-state index is -0.760. The van der Waals surface area contributed by atoms with Gasteiger partial charge < -0.3 is 14.2 Å². The van der Waals surface area contributed by atoms with Crippen molar-refractivity contribution in [3.05, 3.63) is 0 Å². The summed E-state index contributed by atoms with van der Waals surface area (Å²) in [6, 6.07) is 0. The number of unbranched alkanes of at least 4 members (excludes halogenated alkanes) is 51. The number of ether oxygens (including phenoxy) is 3. The number of carbonyl (C=O) groups is 3. The van der Waals surface area contributed by atoms with Gasteiger partial charge >= 0.3 is 17.9 Å². The molecule has 1 unspecified atom stereocenters. The quantitative estimate of drug-likeness (QED) is 0.0343. The van der Waals surface area contributed by atoms with E-state index in [1.54, 1.807) is 0 Å². The number of hydrogen-bond acceptors (Lipinski definition) is 6. The molecule has 0 radical (unpaired) electrons. The monoisotopic (exact) mass is 1020 g/mol. The largest absolute Gasteiger partial charge is 0.462 e. The summed E-state index contributed by atoms with van der Waals surface area (Å²) in [5, 5.41) is 0. The Kier molecular flexibility index (Phi) is 60.6. The lowest BCUT2D eigenvalue weighted by molar-refractivity contribution is -0.167. The van der Waals surface area contributed by atoms with E-state index in [9.17, 15) is 14.4 Å². The van der Waals surface area contributed by atoms with E-state index in [-0.39, 0.29) is 31.1 Å². The fourth-order valence-corrected chi connectivity index (χ4v) is 10.4. The molecular formula is C66H128O6. The van der Waals surface area contributed by atoms with Crippen molar-refractivity contribution in [2.75, 3.05) is 13.2 Å². The van der Waals surface area contributed by atoms with Crippen LogP contribution in [0, 0.1) is 0 Å². The average molecular weight is 1020 g/mol.